The Bertz CT molecular complexity index is 913. The topological polar surface area (TPSA) is 52.6 Å². The molecule has 0 aliphatic carbocycles. The highest BCUT2D eigenvalue weighted by atomic mass is 32.1. The van der Waals surface area contributed by atoms with E-state index in [1.807, 2.05) is 30.5 Å². The van der Waals surface area contributed by atoms with Crippen molar-refractivity contribution in [3.05, 3.63) is 59.0 Å². The molecule has 3 rings (SSSR count). The number of aromatic nitrogens is 1. The number of nitrogens with zero attached hydrogens (tertiary/aromatic N) is 1. The third-order valence-electron chi connectivity index (χ3n) is 4.30. The lowest BCUT2D eigenvalue weighted by atomic mass is 10.1. The molecule has 0 radical (unpaired) electrons. The van der Waals surface area contributed by atoms with Gasteiger partial charge in [-0.2, -0.15) is 0 Å². The van der Waals surface area contributed by atoms with Gasteiger partial charge in [0.05, 0.1) is 26.2 Å². The summed E-state index contributed by atoms with van der Waals surface area (Å²) in [6.45, 7) is 1.46. The summed E-state index contributed by atoms with van der Waals surface area (Å²) in [5.74, 6) is 1.76. The predicted octanol–water partition coefficient (Wildman–Crippen LogP) is 4.31. The summed E-state index contributed by atoms with van der Waals surface area (Å²) in [6.07, 6.45) is 2.67. The minimum Gasteiger partial charge on any atom is -0.496 e. The highest BCUT2D eigenvalue weighted by Gasteiger charge is 2.15. The quantitative estimate of drug-likeness (QED) is 0.541. The van der Waals surface area contributed by atoms with Crippen LogP contribution in [0.15, 0.2) is 42.6 Å². The van der Waals surface area contributed by atoms with Gasteiger partial charge < -0.3 is 19.5 Å². The molecule has 3 aromatic rings. The SMILES string of the molecule is COc1cc(OC)c(-c2cnc(CNCCc3ccc(F)cc3)s2)cc1OC. The first kappa shape index (κ1) is 20.1. The Hall–Kier alpha value is -2.64. The van der Waals surface area contributed by atoms with Gasteiger partial charge >= 0.3 is 0 Å². The smallest absolute Gasteiger partial charge is 0.164 e. The number of thiazole rings is 1. The molecule has 148 valence electrons. The first-order valence-electron chi connectivity index (χ1n) is 8.85. The normalized spacial score (nSPS) is 10.7. The van der Waals surface area contributed by atoms with E-state index < -0.39 is 0 Å². The number of benzene rings is 2. The zero-order chi connectivity index (χ0) is 19.9. The van der Waals surface area contributed by atoms with Crippen LogP contribution in [0.3, 0.4) is 0 Å². The molecular formula is C21H23FN2O3S. The van der Waals surface area contributed by atoms with Crippen LogP contribution in [-0.4, -0.2) is 32.9 Å². The predicted molar refractivity (Wildman–Crippen MR) is 109 cm³/mol. The summed E-state index contributed by atoms with van der Waals surface area (Å²) in [4.78, 5) is 5.49. The molecular weight excluding hydrogens is 379 g/mol. The molecule has 0 fully saturated rings. The van der Waals surface area contributed by atoms with Gasteiger partial charge in [0.1, 0.15) is 16.6 Å². The number of hydrogen-bond donors (Lipinski definition) is 1. The molecule has 0 saturated carbocycles. The Morgan fingerprint density at radius 3 is 2.32 bits per heavy atom. The Morgan fingerprint density at radius 1 is 0.964 bits per heavy atom. The summed E-state index contributed by atoms with van der Waals surface area (Å²) in [7, 11) is 4.83. The second kappa shape index (κ2) is 9.52. The lowest BCUT2D eigenvalue weighted by Crippen LogP contribution is -2.16. The van der Waals surface area contributed by atoms with Crippen LogP contribution in [-0.2, 0) is 13.0 Å². The van der Waals surface area contributed by atoms with Crippen LogP contribution in [0, 0.1) is 5.82 Å². The summed E-state index contributed by atoms with van der Waals surface area (Å²) in [5.41, 5.74) is 2.01. The third-order valence-corrected chi connectivity index (χ3v) is 5.34. The fourth-order valence-corrected chi connectivity index (χ4v) is 3.73. The van der Waals surface area contributed by atoms with Crippen molar-refractivity contribution in [3.8, 4) is 27.7 Å². The largest absolute Gasteiger partial charge is 0.496 e. The summed E-state index contributed by atoms with van der Waals surface area (Å²) < 4.78 is 29.2. The maximum absolute atomic E-state index is 12.9. The summed E-state index contributed by atoms with van der Waals surface area (Å²) >= 11 is 1.60. The second-order valence-electron chi connectivity index (χ2n) is 6.08. The molecule has 0 saturated heterocycles. The second-order valence-corrected chi connectivity index (χ2v) is 7.19. The van der Waals surface area contributed by atoms with E-state index in [-0.39, 0.29) is 5.82 Å². The molecule has 1 aromatic heterocycles. The van der Waals surface area contributed by atoms with Gasteiger partial charge in [0.25, 0.3) is 0 Å². The van der Waals surface area contributed by atoms with Crippen molar-refractivity contribution in [2.75, 3.05) is 27.9 Å². The molecule has 0 unspecified atom stereocenters. The van der Waals surface area contributed by atoms with E-state index in [9.17, 15) is 4.39 Å². The average molecular weight is 402 g/mol. The Labute approximate surface area is 168 Å². The first-order chi connectivity index (χ1) is 13.6. The van der Waals surface area contributed by atoms with Crippen LogP contribution >= 0.6 is 11.3 Å². The minimum atomic E-state index is -0.211. The fourth-order valence-electron chi connectivity index (χ4n) is 2.82. The van der Waals surface area contributed by atoms with E-state index in [0.717, 1.165) is 34.0 Å². The van der Waals surface area contributed by atoms with E-state index in [1.165, 1.54) is 12.1 Å². The highest BCUT2D eigenvalue weighted by Crippen LogP contribution is 2.41. The first-order valence-corrected chi connectivity index (χ1v) is 9.66. The van der Waals surface area contributed by atoms with Crippen LogP contribution in [0.4, 0.5) is 4.39 Å². The van der Waals surface area contributed by atoms with E-state index >= 15 is 0 Å². The van der Waals surface area contributed by atoms with Gasteiger partial charge in [0, 0.05) is 24.4 Å². The number of halogens is 1. The molecule has 2 aromatic carbocycles. The zero-order valence-electron chi connectivity index (χ0n) is 16.1. The molecule has 0 amide bonds. The van der Waals surface area contributed by atoms with Gasteiger partial charge in [0.15, 0.2) is 11.5 Å². The number of rotatable bonds is 9. The number of nitrogens with one attached hydrogen (secondary N) is 1. The maximum atomic E-state index is 12.9. The van der Waals surface area contributed by atoms with Crippen LogP contribution in [0.2, 0.25) is 0 Å². The monoisotopic (exact) mass is 402 g/mol. The van der Waals surface area contributed by atoms with Gasteiger partial charge in [-0.25, -0.2) is 9.37 Å². The van der Waals surface area contributed by atoms with Crippen molar-refractivity contribution in [3.63, 3.8) is 0 Å². The van der Waals surface area contributed by atoms with Crippen LogP contribution in [0.5, 0.6) is 17.2 Å². The van der Waals surface area contributed by atoms with E-state index in [2.05, 4.69) is 10.3 Å². The van der Waals surface area contributed by atoms with Crippen molar-refractivity contribution < 1.29 is 18.6 Å². The average Bonchev–Trinajstić information content (AvgIpc) is 3.20. The van der Waals surface area contributed by atoms with Crippen LogP contribution in [0.1, 0.15) is 10.6 Å². The fraction of sp³-hybridized carbons (Fsp3) is 0.286. The lowest BCUT2D eigenvalue weighted by Gasteiger charge is -2.12. The van der Waals surface area contributed by atoms with Crippen molar-refractivity contribution in [1.82, 2.24) is 10.3 Å². The molecule has 28 heavy (non-hydrogen) atoms. The standard InChI is InChI=1S/C21H23FN2O3S/c1-25-17-11-19(27-3)18(26-2)10-16(17)20-12-24-21(28-20)13-23-9-8-14-4-6-15(22)7-5-14/h4-7,10-12,23H,8-9,13H2,1-3H3. The molecule has 0 aliphatic rings. The highest BCUT2D eigenvalue weighted by molar-refractivity contribution is 7.15. The van der Waals surface area contributed by atoms with Gasteiger partial charge in [0.2, 0.25) is 0 Å². The summed E-state index contributed by atoms with van der Waals surface area (Å²) in [6, 6.07) is 10.3. The zero-order valence-corrected chi connectivity index (χ0v) is 16.9. The Kier molecular flexibility index (Phi) is 6.84. The molecule has 0 atom stereocenters. The van der Waals surface area contributed by atoms with Crippen LogP contribution < -0.4 is 19.5 Å². The Balaban J connectivity index is 1.64. The number of hydrogen-bond acceptors (Lipinski definition) is 6. The van der Waals surface area contributed by atoms with Crippen molar-refractivity contribution >= 4 is 11.3 Å². The molecule has 1 N–H and O–H groups in total. The van der Waals surface area contributed by atoms with Gasteiger partial charge in [-0.1, -0.05) is 12.1 Å². The number of ether oxygens (including phenoxy) is 3. The summed E-state index contributed by atoms with van der Waals surface area (Å²) in [5, 5.41) is 4.35. The van der Waals surface area contributed by atoms with E-state index in [1.54, 1.807) is 32.7 Å². The molecule has 0 aliphatic heterocycles. The molecule has 0 spiro atoms. The molecule has 1 heterocycles. The molecule has 0 bridgehead atoms. The van der Waals surface area contributed by atoms with Gasteiger partial charge in [-0.3, -0.25) is 0 Å². The van der Waals surface area contributed by atoms with E-state index in [4.69, 9.17) is 14.2 Å². The Morgan fingerprint density at radius 2 is 1.64 bits per heavy atom. The van der Waals surface area contributed by atoms with Gasteiger partial charge in [-0.05, 0) is 36.7 Å². The van der Waals surface area contributed by atoms with Crippen molar-refractivity contribution in [2.24, 2.45) is 0 Å². The number of methoxy groups -OCH3 is 3. The van der Waals surface area contributed by atoms with E-state index in [0.29, 0.717) is 23.8 Å². The molecule has 5 nitrogen and oxygen atoms in total. The van der Waals surface area contributed by atoms with Gasteiger partial charge in [-0.15, -0.1) is 11.3 Å². The lowest BCUT2D eigenvalue weighted by molar-refractivity contribution is 0.349. The maximum Gasteiger partial charge on any atom is 0.164 e. The van der Waals surface area contributed by atoms with Crippen molar-refractivity contribution in [2.45, 2.75) is 13.0 Å². The molecule has 7 heteroatoms. The van der Waals surface area contributed by atoms with Crippen LogP contribution in [0.25, 0.3) is 10.4 Å². The minimum absolute atomic E-state index is 0.211. The third kappa shape index (κ3) is 4.79. The van der Waals surface area contributed by atoms with Crippen molar-refractivity contribution in [1.29, 1.82) is 0 Å².